The molecule has 0 fully saturated rings. The Hall–Kier alpha value is -3.79. The molecule has 0 saturated heterocycles. The van der Waals surface area contributed by atoms with Crippen molar-refractivity contribution in [2.75, 3.05) is 13.7 Å². The highest BCUT2D eigenvalue weighted by atomic mass is 32.1. The topological polar surface area (TPSA) is 79.1 Å². The second-order valence-electron chi connectivity index (χ2n) is 9.52. The quantitative estimate of drug-likeness (QED) is 0.309. The Morgan fingerprint density at radius 2 is 1.85 bits per heavy atom. The van der Waals surface area contributed by atoms with Crippen LogP contribution in [-0.4, -0.2) is 30.9 Å². The summed E-state index contributed by atoms with van der Waals surface area (Å²) in [4.78, 5) is 32.4. The standard InChI is InChI=1S/C30H32F2N2O5S/c1-6-8-21-25(28(36)38-7-2)26(20-12-10-19(11-13-20)17(3)4)34-27(35)24(40-30(34)33-21)16-18-9-14-22(39-29(31)32)23(15-18)37-5/h9-17,26,29H,6-8H2,1-5H3/b24-16+/t26-/m0/s1. The Kier molecular flexibility index (Phi) is 9.19. The first-order chi connectivity index (χ1) is 19.2. The molecule has 40 heavy (non-hydrogen) atoms. The second-order valence-corrected chi connectivity index (χ2v) is 10.5. The molecule has 3 aromatic rings. The normalized spacial score (nSPS) is 15.3. The molecule has 2 heterocycles. The van der Waals surface area contributed by atoms with Gasteiger partial charge in [-0.15, -0.1) is 0 Å². The van der Waals surface area contributed by atoms with E-state index in [1.54, 1.807) is 19.1 Å². The SMILES string of the molecule is CCCC1=C(C(=O)OCC)[C@H](c2ccc(C(C)C)cc2)n2c(s/c(=C/c3ccc(OC(F)F)c(OC)c3)c2=O)=N1. The van der Waals surface area contributed by atoms with Crippen LogP contribution in [-0.2, 0) is 9.53 Å². The number of alkyl halides is 2. The molecule has 0 radical (unpaired) electrons. The summed E-state index contributed by atoms with van der Waals surface area (Å²) in [6.07, 6.45) is 2.94. The molecule has 4 rings (SSSR count). The highest BCUT2D eigenvalue weighted by Gasteiger charge is 2.34. The molecule has 1 atom stereocenters. The first-order valence-corrected chi connectivity index (χ1v) is 13.9. The Morgan fingerprint density at radius 1 is 1.12 bits per heavy atom. The first-order valence-electron chi connectivity index (χ1n) is 13.1. The zero-order valence-corrected chi connectivity index (χ0v) is 23.9. The largest absolute Gasteiger partial charge is 0.493 e. The van der Waals surface area contributed by atoms with Crippen LogP contribution in [0.5, 0.6) is 11.5 Å². The minimum absolute atomic E-state index is 0.107. The van der Waals surface area contributed by atoms with Crippen molar-refractivity contribution in [3.63, 3.8) is 0 Å². The molecular weight excluding hydrogens is 538 g/mol. The van der Waals surface area contributed by atoms with E-state index in [1.807, 2.05) is 31.2 Å². The van der Waals surface area contributed by atoms with Gasteiger partial charge in [0, 0.05) is 0 Å². The minimum atomic E-state index is -3.00. The lowest BCUT2D eigenvalue weighted by Gasteiger charge is -2.26. The number of carbonyl (C=O) groups excluding carboxylic acids is 1. The van der Waals surface area contributed by atoms with Gasteiger partial charge in [-0.25, -0.2) is 9.79 Å². The molecule has 0 bridgehead atoms. The van der Waals surface area contributed by atoms with Gasteiger partial charge in [0.05, 0.1) is 35.6 Å². The summed E-state index contributed by atoms with van der Waals surface area (Å²) < 4.78 is 42.6. The van der Waals surface area contributed by atoms with Crippen LogP contribution in [0.15, 0.2) is 63.5 Å². The van der Waals surface area contributed by atoms with Crippen molar-refractivity contribution in [1.29, 1.82) is 0 Å². The summed E-state index contributed by atoms with van der Waals surface area (Å²) in [5, 5.41) is 0. The number of aromatic nitrogens is 1. The van der Waals surface area contributed by atoms with Crippen molar-refractivity contribution >= 4 is 23.4 Å². The third kappa shape index (κ3) is 6.01. The third-order valence-corrected chi connectivity index (χ3v) is 7.50. The third-order valence-electron chi connectivity index (χ3n) is 6.51. The van der Waals surface area contributed by atoms with Crippen molar-refractivity contribution in [3.8, 4) is 11.5 Å². The number of nitrogens with zero attached hydrogens (tertiary/aromatic N) is 2. The highest BCUT2D eigenvalue weighted by Crippen LogP contribution is 2.33. The van der Waals surface area contributed by atoms with Gasteiger partial charge in [0.25, 0.3) is 5.56 Å². The number of fused-ring (bicyclic) bond motifs is 1. The number of allylic oxidation sites excluding steroid dienone is 1. The Morgan fingerprint density at radius 3 is 2.45 bits per heavy atom. The van der Waals surface area contributed by atoms with Crippen LogP contribution in [0.2, 0.25) is 0 Å². The maximum absolute atomic E-state index is 13.9. The number of rotatable bonds is 10. The highest BCUT2D eigenvalue weighted by molar-refractivity contribution is 7.07. The van der Waals surface area contributed by atoms with Crippen molar-refractivity contribution in [2.45, 2.75) is 59.1 Å². The van der Waals surface area contributed by atoms with Gasteiger partial charge in [0.1, 0.15) is 0 Å². The first kappa shape index (κ1) is 29.2. The average Bonchev–Trinajstić information content (AvgIpc) is 3.23. The van der Waals surface area contributed by atoms with Gasteiger partial charge < -0.3 is 14.2 Å². The zero-order valence-electron chi connectivity index (χ0n) is 23.1. The van der Waals surface area contributed by atoms with Crippen LogP contribution in [0.4, 0.5) is 8.78 Å². The Labute approximate surface area is 235 Å². The zero-order chi connectivity index (χ0) is 29.0. The average molecular weight is 571 g/mol. The molecule has 0 spiro atoms. The summed E-state index contributed by atoms with van der Waals surface area (Å²) in [5.41, 5.74) is 3.10. The van der Waals surface area contributed by atoms with E-state index >= 15 is 0 Å². The van der Waals surface area contributed by atoms with Crippen molar-refractivity contribution in [2.24, 2.45) is 4.99 Å². The molecular formula is C30H32F2N2O5S. The molecule has 7 nitrogen and oxygen atoms in total. The second kappa shape index (κ2) is 12.6. The van der Waals surface area contributed by atoms with Crippen molar-refractivity contribution < 1.29 is 27.8 Å². The number of thiazole rings is 1. The van der Waals surface area contributed by atoms with E-state index in [4.69, 9.17) is 14.5 Å². The Balaban J connectivity index is 1.92. The maximum Gasteiger partial charge on any atom is 0.387 e. The van der Waals surface area contributed by atoms with Gasteiger partial charge in [0.15, 0.2) is 16.3 Å². The number of methoxy groups -OCH3 is 1. The van der Waals surface area contributed by atoms with Crippen LogP contribution in [0, 0.1) is 0 Å². The predicted octanol–water partition coefficient (Wildman–Crippen LogP) is 5.31. The number of ether oxygens (including phenoxy) is 3. The molecule has 1 aromatic heterocycles. The molecule has 2 aromatic carbocycles. The van der Waals surface area contributed by atoms with E-state index in [-0.39, 0.29) is 23.7 Å². The monoisotopic (exact) mass is 570 g/mol. The number of hydrogen-bond donors (Lipinski definition) is 0. The molecule has 10 heteroatoms. The number of benzene rings is 2. The number of esters is 1. The molecule has 0 saturated carbocycles. The van der Waals surface area contributed by atoms with Crippen LogP contribution in [0.3, 0.4) is 0 Å². The van der Waals surface area contributed by atoms with E-state index in [2.05, 4.69) is 18.6 Å². The molecule has 1 aliphatic rings. The lowest BCUT2D eigenvalue weighted by atomic mass is 9.92. The van der Waals surface area contributed by atoms with Gasteiger partial charge in [-0.05, 0) is 54.2 Å². The van der Waals surface area contributed by atoms with Crippen LogP contribution >= 0.6 is 11.3 Å². The maximum atomic E-state index is 13.9. The summed E-state index contributed by atoms with van der Waals surface area (Å²) in [6.45, 7) is 5.14. The van der Waals surface area contributed by atoms with Crippen LogP contribution < -0.4 is 24.4 Å². The van der Waals surface area contributed by atoms with E-state index in [9.17, 15) is 18.4 Å². The molecule has 0 amide bonds. The van der Waals surface area contributed by atoms with Crippen molar-refractivity contribution in [3.05, 3.63) is 90.1 Å². The van der Waals surface area contributed by atoms with E-state index < -0.39 is 18.6 Å². The lowest BCUT2D eigenvalue weighted by molar-refractivity contribution is -0.139. The summed E-state index contributed by atoms with van der Waals surface area (Å²) in [5.74, 6) is -0.175. The summed E-state index contributed by atoms with van der Waals surface area (Å²) in [7, 11) is 1.35. The summed E-state index contributed by atoms with van der Waals surface area (Å²) >= 11 is 1.20. The van der Waals surface area contributed by atoms with E-state index in [0.29, 0.717) is 38.5 Å². The minimum Gasteiger partial charge on any atom is -0.493 e. The molecule has 0 unspecified atom stereocenters. The number of carbonyl (C=O) groups is 1. The summed E-state index contributed by atoms with van der Waals surface area (Å²) in [6, 6.07) is 11.6. The Bertz CT molecular complexity index is 1590. The van der Waals surface area contributed by atoms with Gasteiger partial charge in [-0.3, -0.25) is 9.36 Å². The van der Waals surface area contributed by atoms with Crippen LogP contribution in [0.25, 0.3) is 6.08 Å². The van der Waals surface area contributed by atoms with Crippen LogP contribution in [0.1, 0.15) is 69.2 Å². The van der Waals surface area contributed by atoms with Crippen molar-refractivity contribution in [1.82, 2.24) is 4.57 Å². The molecule has 0 aliphatic carbocycles. The smallest absolute Gasteiger partial charge is 0.387 e. The van der Waals surface area contributed by atoms with E-state index in [0.717, 1.165) is 17.5 Å². The van der Waals surface area contributed by atoms with Gasteiger partial charge in [0.2, 0.25) is 0 Å². The number of hydrogen-bond acceptors (Lipinski definition) is 7. The van der Waals surface area contributed by atoms with Gasteiger partial charge in [-0.2, -0.15) is 8.78 Å². The fourth-order valence-corrected chi connectivity index (χ4v) is 5.64. The molecule has 212 valence electrons. The van der Waals surface area contributed by atoms with Gasteiger partial charge >= 0.3 is 12.6 Å². The lowest BCUT2D eigenvalue weighted by Crippen LogP contribution is -2.40. The fraction of sp³-hybridized carbons (Fsp3) is 0.367. The molecule has 0 N–H and O–H groups in total. The van der Waals surface area contributed by atoms with Gasteiger partial charge in [-0.1, -0.05) is 68.9 Å². The fourth-order valence-electron chi connectivity index (χ4n) is 4.62. The predicted molar refractivity (Wildman–Crippen MR) is 150 cm³/mol. The molecule has 1 aliphatic heterocycles. The number of halogens is 2. The van der Waals surface area contributed by atoms with E-state index in [1.165, 1.54) is 35.1 Å².